The second-order valence-electron chi connectivity index (χ2n) is 6.78. The number of nitrogen functional groups attached to an aromatic ring is 1. The van der Waals surface area contributed by atoms with Crippen molar-refractivity contribution in [3.8, 4) is 6.07 Å². The Kier molecular flexibility index (Phi) is 3.84. The fourth-order valence-electron chi connectivity index (χ4n) is 3.22. The summed E-state index contributed by atoms with van der Waals surface area (Å²) >= 11 is 0. The Morgan fingerprint density at radius 2 is 2.30 bits per heavy atom. The molecule has 2 heterocycles. The van der Waals surface area contributed by atoms with Gasteiger partial charge in [0.2, 0.25) is 5.91 Å². The Morgan fingerprint density at radius 1 is 1.52 bits per heavy atom. The molecule has 2 amide bonds. The number of pyridine rings is 1. The van der Waals surface area contributed by atoms with Crippen LogP contribution in [0.3, 0.4) is 0 Å². The van der Waals surface area contributed by atoms with Gasteiger partial charge in [0, 0.05) is 11.6 Å². The standard InChI is InChI=1S/C18H16FN5O3/c1-8-7-27-18(26)24(8)13-3-9-4-14(22-6-12(9)16(21)15(13)19)23-17(25)11-2-10(11)5-20/h3-4,6,8,10-11H,2,7,21H2,1H3,(H,22,23,25). The van der Waals surface area contributed by atoms with Crippen LogP contribution >= 0.6 is 0 Å². The Balaban J connectivity index is 1.70. The zero-order chi connectivity index (χ0) is 19.3. The van der Waals surface area contributed by atoms with Gasteiger partial charge in [-0.05, 0) is 30.9 Å². The van der Waals surface area contributed by atoms with Crippen molar-refractivity contribution in [2.24, 2.45) is 11.8 Å². The van der Waals surface area contributed by atoms with Gasteiger partial charge in [-0.1, -0.05) is 0 Å². The summed E-state index contributed by atoms with van der Waals surface area (Å²) in [6.45, 7) is 1.90. The van der Waals surface area contributed by atoms with Gasteiger partial charge in [-0.15, -0.1) is 0 Å². The quantitative estimate of drug-likeness (QED) is 0.801. The average molecular weight is 369 g/mol. The van der Waals surface area contributed by atoms with Crippen molar-refractivity contribution in [3.05, 3.63) is 24.1 Å². The maximum atomic E-state index is 14.7. The fraction of sp³-hybridized carbons (Fsp3) is 0.333. The molecule has 3 atom stereocenters. The van der Waals surface area contributed by atoms with Gasteiger partial charge in [0.25, 0.3) is 0 Å². The molecule has 1 aliphatic heterocycles. The predicted molar refractivity (Wildman–Crippen MR) is 95.2 cm³/mol. The molecule has 8 nitrogen and oxygen atoms in total. The predicted octanol–water partition coefficient (Wildman–Crippen LogP) is 2.40. The number of amides is 2. The number of nitrogens with two attached hydrogens (primary N) is 1. The third-order valence-corrected chi connectivity index (χ3v) is 4.87. The summed E-state index contributed by atoms with van der Waals surface area (Å²) in [7, 11) is 0. The van der Waals surface area contributed by atoms with E-state index in [1.165, 1.54) is 17.2 Å². The van der Waals surface area contributed by atoms with E-state index in [-0.39, 0.29) is 47.6 Å². The smallest absolute Gasteiger partial charge is 0.414 e. The first-order valence-corrected chi connectivity index (χ1v) is 8.45. The number of aromatic nitrogens is 1. The Hall–Kier alpha value is -3.41. The van der Waals surface area contributed by atoms with Crippen LogP contribution in [0.1, 0.15) is 13.3 Å². The molecule has 2 aromatic rings. The van der Waals surface area contributed by atoms with Crippen LogP contribution < -0.4 is 16.0 Å². The maximum absolute atomic E-state index is 14.7. The van der Waals surface area contributed by atoms with Gasteiger partial charge < -0.3 is 15.8 Å². The highest BCUT2D eigenvalue weighted by Crippen LogP contribution is 2.39. The fourth-order valence-corrected chi connectivity index (χ4v) is 3.22. The summed E-state index contributed by atoms with van der Waals surface area (Å²) in [6.07, 6.45) is 1.26. The van der Waals surface area contributed by atoms with Crippen LogP contribution in [-0.2, 0) is 9.53 Å². The van der Waals surface area contributed by atoms with Crippen molar-refractivity contribution in [1.29, 1.82) is 5.26 Å². The van der Waals surface area contributed by atoms with Gasteiger partial charge in [0.05, 0.1) is 35.3 Å². The summed E-state index contributed by atoms with van der Waals surface area (Å²) < 4.78 is 19.7. The number of nitriles is 1. The van der Waals surface area contributed by atoms with E-state index in [0.717, 1.165) is 0 Å². The molecular weight excluding hydrogens is 353 g/mol. The number of benzene rings is 1. The Labute approximate surface area is 153 Å². The van der Waals surface area contributed by atoms with Gasteiger partial charge in [-0.2, -0.15) is 5.26 Å². The average Bonchev–Trinajstić information content (AvgIpc) is 3.37. The first-order chi connectivity index (χ1) is 12.9. The molecule has 1 saturated carbocycles. The molecule has 3 N–H and O–H groups in total. The number of carbonyl (C=O) groups excluding carboxylic acids is 2. The lowest BCUT2D eigenvalue weighted by molar-refractivity contribution is -0.117. The number of cyclic esters (lactones) is 1. The lowest BCUT2D eigenvalue weighted by atomic mass is 10.1. The summed E-state index contributed by atoms with van der Waals surface area (Å²) in [4.78, 5) is 29.4. The first-order valence-electron chi connectivity index (χ1n) is 8.45. The maximum Gasteiger partial charge on any atom is 0.414 e. The third-order valence-electron chi connectivity index (χ3n) is 4.87. The number of ether oxygens (including phenoxy) is 1. The summed E-state index contributed by atoms with van der Waals surface area (Å²) in [5.74, 6) is -1.32. The van der Waals surface area contributed by atoms with Crippen LogP contribution in [0.4, 0.5) is 26.4 Å². The molecule has 1 aliphatic carbocycles. The van der Waals surface area contributed by atoms with E-state index in [9.17, 15) is 14.0 Å². The zero-order valence-corrected chi connectivity index (χ0v) is 14.4. The number of hydrogen-bond acceptors (Lipinski definition) is 6. The molecule has 1 aromatic heterocycles. The van der Waals surface area contributed by atoms with E-state index in [4.69, 9.17) is 15.7 Å². The minimum Gasteiger partial charge on any atom is -0.447 e. The molecule has 2 aliphatic rings. The number of hydrogen-bond donors (Lipinski definition) is 2. The first kappa shape index (κ1) is 17.0. The molecule has 4 rings (SSSR count). The number of halogens is 1. The monoisotopic (exact) mass is 369 g/mol. The summed E-state index contributed by atoms with van der Waals surface area (Å²) in [5.41, 5.74) is 5.79. The Morgan fingerprint density at radius 3 is 2.93 bits per heavy atom. The third kappa shape index (κ3) is 2.79. The van der Waals surface area contributed by atoms with Crippen molar-refractivity contribution in [2.75, 3.05) is 22.6 Å². The molecule has 138 valence electrons. The normalized spacial score (nSPS) is 23.8. The van der Waals surface area contributed by atoms with Gasteiger partial charge in [-0.25, -0.2) is 14.2 Å². The highest BCUT2D eigenvalue weighted by molar-refractivity contribution is 6.02. The molecule has 0 bridgehead atoms. The van der Waals surface area contributed by atoms with Crippen molar-refractivity contribution in [1.82, 2.24) is 4.98 Å². The van der Waals surface area contributed by atoms with E-state index < -0.39 is 11.9 Å². The topological polar surface area (TPSA) is 121 Å². The van der Waals surface area contributed by atoms with E-state index >= 15 is 0 Å². The number of rotatable bonds is 3. The van der Waals surface area contributed by atoms with Crippen LogP contribution in [0.2, 0.25) is 0 Å². The van der Waals surface area contributed by atoms with E-state index in [2.05, 4.69) is 16.4 Å². The van der Waals surface area contributed by atoms with E-state index in [1.807, 2.05) is 0 Å². The van der Waals surface area contributed by atoms with Crippen LogP contribution in [0.15, 0.2) is 18.3 Å². The van der Waals surface area contributed by atoms with Crippen molar-refractivity contribution in [3.63, 3.8) is 0 Å². The zero-order valence-electron chi connectivity index (χ0n) is 14.4. The van der Waals surface area contributed by atoms with Gasteiger partial charge >= 0.3 is 6.09 Å². The van der Waals surface area contributed by atoms with Crippen LogP contribution in [0, 0.1) is 29.0 Å². The van der Waals surface area contributed by atoms with Crippen molar-refractivity contribution in [2.45, 2.75) is 19.4 Å². The molecule has 0 radical (unpaired) electrons. The lowest BCUT2D eigenvalue weighted by Crippen LogP contribution is -2.31. The second kappa shape index (κ2) is 6.09. The number of fused-ring (bicyclic) bond motifs is 1. The largest absolute Gasteiger partial charge is 0.447 e. The van der Waals surface area contributed by atoms with Crippen molar-refractivity contribution < 1.29 is 18.7 Å². The second-order valence-corrected chi connectivity index (χ2v) is 6.78. The van der Waals surface area contributed by atoms with E-state index in [1.54, 1.807) is 13.0 Å². The van der Waals surface area contributed by atoms with Crippen molar-refractivity contribution >= 4 is 40.0 Å². The van der Waals surface area contributed by atoms with Crippen LogP contribution in [-0.4, -0.2) is 29.6 Å². The number of carbonyl (C=O) groups is 2. The minimum atomic E-state index is -0.721. The molecule has 0 spiro atoms. The van der Waals surface area contributed by atoms with Gasteiger partial charge in [-0.3, -0.25) is 9.69 Å². The number of nitrogens with zero attached hydrogens (tertiary/aromatic N) is 3. The number of anilines is 3. The SMILES string of the molecule is CC1COC(=O)N1c1cc2cc(NC(=O)C3CC3C#N)ncc2c(N)c1F. The molecule has 1 saturated heterocycles. The molecule has 9 heteroatoms. The minimum absolute atomic E-state index is 0.0187. The van der Waals surface area contributed by atoms with Crippen LogP contribution in [0.5, 0.6) is 0 Å². The number of nitrogens with one attached hydrogen (secondary N) is 1. The molecular formula is C18H16FN5O3. The Bertz CT molecular complexity index is 1020. The lowest BCUT2D eigenvalue weighted by Gasteiger charge is -2.20. The van der Waals surface area contributed by atoms with Gasteiger partial charge in [0.1, 0.15) is 12.4 Å². The summed E-state index contributed by atoms with van der Waals surface area (Å²) in [6, 6.07) is 4.77. The highest BCUT2D eigenvalue weighted by Gasteiger charge is 2.43. The summed E-state index contributed by atoms with van der Waals surface area (Å²) in [5, 5.41) is 12.4. The highest BCUT2D eigenvalue weighted by atomic mass is 19.1. The molecule has 2 fully saturated rings. The molecule has 3 unspecified atom stereocenters. The van der Waals surface area contributed by atoms with E-state index in [0.29, 0.717) is 17.2 Å². The van der Waals surface area contributed by atoms with Crippen LogP contribution in [0.25, 0.3) is 10.8 Å². The van der Waals surface area contributed by atoms with Gasteiger partial charge in [0.15, 0.2) is 5.82 Å². The molecule has 1 aromatic carbocycles. The molecule has 27 heavy (non-hydrogen) atoms.